The first kappa shape index (κ1) is 13.6. The van der Waals surface area contributed by atoms with Gasteiger partial charge in [-0.25, -0.2) is 9.97 Å². The van der Waals surface area contributed by atoms with Crippen LogP contribution in [0.5, 0.6) is 0 Å². The molecule has 1 fully saturated rings. The maximum atomic E-state index is 11.9. The van der Waals surface area contributed by atoms with Gasteiger partial charge in [-0.05, 0) is 19.1 Å². The second kappa shape index (κ2) is 5.89. The van der Waals surface area contributed by atoms with Crippen LogP contribution in [-0.2, 0) is 0 Å². The highest BCUT2D eigenvalue weighted by Crippen LogP contribution is 2.39. The van der Waals surface area contributed by atoms with Crippen molar-refractivity contribution in [2.45, 2.75) is 30.4 Å². The molecule has 0 aliphatic heterocycles. The van der Waals surface area contributed by atoms with Gasteiger partial charge in [-0.3, -0.25) is 4.79 Å². The van der Waals surface area contributed by atoms with Crippen LogP contribution in [0.4, 0.5) is 0 Å². The molecule has 1 N–H and O–H groups in total. The van der Waals surface area contributed by atoms with Crippen molar-refractivity contribution in [3.05, 3.63) is 23.2 Å². The summed E-state index contributed by atoms with van der Waals surface area (Å²) in [6.45, 7) is 0.692. The Hall–Kier alpha value is -0.810. The van der Waals surface area contributed by atoms with Crippen molar-refractivity contribution in [1.82, 2.24) is 15.3 Å². The second-order valence-corrected chi connectivity index (χ2v) is 6.16. The van der Waals surface area contributed by atoms with Crippen molar-refractivity contribution < 1.29 is 4.79 Å². The number of amides is 1. The maximum absolute atomic E-state index is 11.9. The first-order chi connectivity index (χ1) is 8.65. The molecule has 18 heavy (non-hydrogen) atoms. The summed E-state index contributed by atoms with van der Waals surface area (Å²) in [7, 11) is 0. The van der Waals surface area contributed by atoms with Crippen LogP contribution in [0.1, 0.15) is 36.2 Å². The Morgan fingerprint density at radius 1 is 1.44 bits per heavy atom. The first-order valence-electron chi connectivity index (χ1n) is 5.96. The standard InChI is InChI=1S/C12H16ClN3OS/c1-18-12(4-2-3-5-12)8-16-11(17)9-6-15-10(13)7-14-9/h6-7H,2-5,8H2,1H3,(H,16,17). The van der Waals surface area contributed by atoms with E-state index >= 15 is 0 Å². The molecule has 0 atom stereocenters. The number of rotatable bonds is 4. The lowest BCUT2D eigenvalue weighted by atomic mass is 10.1. The molecule has 1 aromatic rings. The van der Waals surface area contributed by atoms with E-state index in [4.69, 9.17) is 11.6 Å². The highest BCUT2D eigenvalue weighted by molar-refractivity contribution is 8.00. The van der Waals surface area contributed by atoms with Gasteiger partial charge in [0.05, 0.1) is 12.4 Å². The third-order valence-corrected chi connectivity index (χ3v) is 4.99. The van der Waals surface area contributed by atoms with Gasteiger partial charge in [-0.2, -0.15) is 11.8 Å². The lowest BCUT2D eigenvalue weighted by molar-refractivity contribution is 0.0944. The van der Waals surface area contributed by atoms with Crippen LogP contribution in [0.25, 0.3) is 0 Å². The van der Waals surface area contributed by atoms with Crippen molar-refractivity contribution in [1.29, 1.82) is 0 Å². The largest absolute Gasteiger partial charge is 0.349 e. The predicted molar refractivity (Wildman–Crippen MR) is 74.1 cm³/mol. The van der Waals surface area contributed by atoms with Gasteiger partial charge in [0, 0.05) is 11.3 Å². The summed E-state index contributed by atoms with van der Waals surface area (Å²) in [6, 6.07) is 0. The molecule has 1 aliphatic carbocycles. The van der Waals surface area contributed by atoms with Gasteiger partial charge in [-0.1, -0.05) is 24.4 Å². The second-order valence-electron chi connectivity index (χ2n) is 4.50. The van der Waals surface area contributed by atoms with Crippen LogP contribution in [-0.4, -0.2) is 33.4 Å². The molecular weight excluding hydrogens is 270 g/mol. The fourth-order valence-corrected chi connectivity index (χ4v) is 3.24. The van der Waals surface area contributed by atoms with E-state index in [0.29, 0.717) is 17.4 Å². The number of thioether (sulfide) groups is 1. The van der Waals surface area contributed by atoms with Crippen molar-refractivity contribution in [2.75, 3.05) is 12.8 Å². The minimum Gasteiger partial charge on any atom is -0.349 e. The molecule has 0 saturated heterocycles. The van der Waals surface area contributed by atoms with Gasteiger partial charge >= 0.3 is 0 Å². The molecule has 1 aliphatic rings. The molecule has 1 amide bonds. The summed E-state index contributed by atoms with van der Waals surface area (Å²) in [6.07, 6.45) is 9.73. The fraction of sp³-hybridized carbons (Fsp3) is 0.583. The highest BCUT2D eigenvalue weighted by atomic mass is 35.5. The molecule has 0 spiro atoms. The smallest absolute Gasteiger partial charge is 0.271 e. The van der Waals surface area contributed by atoms with Gasteiger partial charge in [-0.15, -0.1) is 0 Å². The van der Waals surface area contributed by atoms with Crippen LogP contribution >= 0.6 is 23.4 Å². The number of aromatic nitrogens is 2. The van der Waals surface area contributed by atoms with Crippen molar-refractivity contribution in [2.24, 2.45) is 0 Å². The Labute approximate surface area is 116 Å². The fourth-order valence-electron chi connectivity index (χ4n) is 2.23. The normalized spacial score (nSPS) is 17.7. The Bertz CT molecular complexity index is 418. The number of nitrogens with zero attached hydrogens (tertiary/aromatic N) is 2. The molecule has 4 nitrogen and oxygen atoms in total. The zero-order valence-electron chi connectivity index (χ0n) is 10.3. The number of carbonyl (C=O) groups is 1. The topological polar surface area (TPSA) is 54.9 Å². The van der Waals surface area contributed by atoms with Gasteiger partial charge in [0.2, 0.25) is 0 Å². The third kappa shape index (κ3) is 3.14. The highest BCUT2D eigenvalue weighted by Gasteiger charge is 2.33. The zero-order valence-corrected chi connectivity index (χ0v) is 11.9. The van der Waals surface area contributed by atoms with Gasteiger partial charge in [0.25, 0.3) is 5.91 Å². The van der Waals surface area contributed by atoms with Gasteiger partial charge in [0.1, 0.15) is 10.8 Å². The molecule has 1 saturated carbocycles. The van der Waals surface area contributed by atoms with Crippen molar-refractivity contribution in [3.63, 3.8) is 0 Å². The molecule has 98 valence electrons. The van der Waals surface area contributed by atoms with E-state index in [1.54, 1.807) is 0 Å². The molecule has 0 bridgehead atoms. The van der Waals surface area contributed by atoms with Crippen LogP contribution in [0.15, 0.2) is 12.4 Å². The van der Waals surface area contributed by atoms with E-state index in [1.165, 1.54) is 38.1 Å². The molecule has 0 radical (unpaired) electrons. The van der Waals surface area contributed by atoms with Crippen LogP contribution in [0.2, 0.25) is 5.15 Å². The Kier molecular flexibility index (Phi) is 4.45. The number of carbonyl (C=O) groups excluding carboxylic acids is 1. The SMILES string of the molecule is CSC1(CNC(=O)c2cnc(Cl)cn2)CCCC1. The van der Waals surface area contributed by atoms with Crippen LogP contribution in [0.3, 0.4) is 0 Å². The Balaban J connectivity index is 1.93. The van der Waals surface area contributed by atoms with Crippen LogP contribution < -0.4 is 5.32 Å². The van der Waals surface area contributed by atoms with Gasteiger partial charge < -0.3 is 5.32 Å². The van der Waals surface area contributed by atoms with E-state index in [9.17, 15) is 4.79 Å². The number of halogens is 1. The van der Waals surface area contributed by atoms with Crippen molar-refractivity contribution in [3.8, 4) is 0 Å². The Morgan fingerprint density at radius 3 is 2.72 bits per heavy atom. The summed E-state index contributed by atoms with van der Waals surface area (Å²) in [5.74, 6) is -0.181. The summed E-state index contributed by atoms with van der Waals surface area (Å²) in [4.78, 5) is 19.7. The molecule has 0 unspecified atom stereocenters. The quantitative estimate of drug-likeness (QED) is 0.924. The van der Waals surface area contributed by atoms with E-state index < -0.39 is 0 Å². The minimum atomic E-state index is -0.181. The molecule has 1 heterocycles. The molecular formula is C12H16ClN3OS. The third-order valence-electron chi connectivity index (χ3n) is 3.37. The Morgan fingerprint density at radius 2 is 2.17 bits per heavy atom. The van der Waals surface area contributed by atoms with E-state index in [2.05, 4.69) is 21.5 Å². The lowest BCUT2D eigenvalue weighted by Gasteiger charge is -2.26. The maximum Gasteiger partial charge on any atom is 0.271 e. The average molecular weight is 286 g/mol. The summed E-state index contributed by atoms with van der Waals surface area (Å²) >= 11 is 7.48. The number of nitrogens with one attached hydrogen (secondary N) is 1. The molecule has 6 heteroatoms. The predicted octanol–water partition coefficient (Wildman–Crippen LogP) is 2.54. The first-order valence-corrected chi connectivity index (χ1v) is 7.56. The molecule has 2 rings (SSSR count). The summed E-state index contributed by atoms with van der Waals surface area (Å²) < 4.78 is 0.204. The van der Waals surface area contributed by atoms with Gasteiger partial charge in [0.15, 0.2) is 0 Å². The average Bonchev–Trinajstić information content (AvgIpc) is 2.86. The lowest BCUT2D eigenvalue weighted by Crippen LogP contribution is -2.38. The summed E-state index contributed by atoms with van der Waals surface area (Å²) in [5.41, 5.74) is 0.314. The summed E-state index contributed by atoms with van der Waals surface area (Å²) in [5, 5.41) is 3.24. The minimum absolute atomic E-state index is 0.181. The van der Waals surface area contributed by atoms with E-state index in [-0.39, 0.29) is 10.7 Å². The van der Waals surface area contributed by atoms with E-state index in [1.807, 2.05) is 11.8 Å². The number of hydrogen-bond acceptors (Lipinski definition) is 4. The molecule has 1 aromatic heterocycles. The van der Waals surface area contributed by atoms with Crippen LogP contribution in [0, 0.1) is 0 Å². The number of hydrogen-bond donors (Lipinski definition) is 1. The van der Waals surface area contributed by atoms with Crippen molar-refractivity contribution >= 4 is 29.3 Å². The molecule has 0 aromatic carbocycles. The zero-order chi connectivity index (χ0) is 13.0. The van der Waals surface area contributed by atoms with E-state index in [0.717, 1.165) is 0 Å². The monoisotopic (exact) mass is 285 g/mol.